The fourth-order valence-electron chi connectivity index (χ4n) is 1.81. The van der Waals surface area contributed by atoms with E-state index in [1.54, 1.807) is 0 Å². The summed E-state index contributed by atoms with van der Waals surface area (Å²) < 4.78 is 5.50. The lowest BCUT2D eigenvalue weighted by molar-refractivity contribution is 0.0833. The molecule has 0 radical (unpaired) electrons. The number of nitrogens with zero attached hydrogens (tertiary/aromatic N) is 3. The first-order valence-corrected chi connectivity index (χ1v) is 6.68. The molecule has 7 nitrogen and oxygen atoms in total. The molecule has 1 aliphatic carbocycles. The van der Waals surface area contributed by atoms with E-state index in [1.165, 1.54) is 0 Å². The summed E-state index contributed by atoms with van der Waals surface area (Å²) in [4.78, 5) is 12.7. The Bertz CT molecular complexity index is 421. The summed E-state index contributed by atoms with van der Waals surface area (Å²) in [6.07, 6.45) is 1.25. The zero-order chi connectivity index (χ0) is 13.8. The highest BCUT2D eigenvalue weighted by Crippen LogP contribution is 2.23. The van der Waals surface area contributed by atoms with Gasteiger partial charge in [0, 0.05) is 12.6 Å². The van der Waals surface area contributed by atoms with E-state index < -0.39 is 0 Å². The van der Waals surface area contributed by atoms with Gasteiger partial charge in [-0.2, -0.15) is 15.0 Å². The van der Waals surface area contributed by atoms with E-state index in [0.29, 0.717) is 17.9 Å². The van der Waals surface area contributed by atoms with Crippen molar-refractivity contribution in [2.45, 2.75) is 51.9 Å². The molecule has 2 rings (SSSR count). The van der Waals surface area contributed by atoms with Gasteiger partial charge < -0.3 is 20.5 Å². The number of ether oxygens (including phenoxy) is 1. The SMILES string of the molecule is CCNc1nc(NC2CC(O)C2)nc(OC(C)C)n1. The maximum atomic E-state index is 9.28. The van der Waals surface area contributed by atoms with Gasteiger partial charge in [-0.25, -0.2) is 0 Å². The van der Waals surface area contributed by atoms with Gasteiger partial charge in [0.05, 0.1) is 12.2 Å². The summed E-state index contributed by atoms with van der Waals surface area (Å²) in [6.45, 7) is 6.55. The second kappa shape index (κ2) is 6.01. The Hall–Kier alpha value is -1.63. The van der Waals surface area contributed by atoms with Gasteiger partial charge in [0.15, 0.2) is 0 Å². The second-order valence-electron chi connectivity index (χ2n) is 4.93. The number of aromatic nitrogens is 3. The van der Waals surface area contributed by atoms with Crippen LogP contribution in [0.15, 0.2) is 0 Å². The summed E-state index contributed by atoms with van der Waals surface area (Å²) in [5.74, 6) is 0.981. The number of nitrogens with one attached hydrogen (secondary N) is 2. The molecule has 0 aliphatic heterocycles. The van der Waals surface area contributed by atoms with E-state index >= 15 is 0 Å². The molecular formula is C12H21N5O2. The number of aliphatic hydroxyl groups excluding tert-OH is 1. The van der Waals surface area contributed by atoms with Crippen molar-refractivity contribution in [1.29, 1.82) is 0 Å². The zero-order valence-corrected chi connectivity index (χ0v) is 11.6. The van der Waals surface area contributed by atoms with Crippen LogP contribution in [0.3, 0.4) is 0 Å². The zero-order valence-electron chi connectivity index (χ0n) is 11.6. The fraction of sp³-hybridized carbons (Fsp3) is 0.750. The fourth-order valence-corrected chi connectivity index (χ4v) is 1.81. The molecule has 0 atom stereocenters. The third-order valence-corrected chi connectivity index (χ3v) is 2.74. The molecule has 0 amide bonds. The van der Waals surface area contributed by atoms with Crippen molar-refractivity contribution in [3.05, 3.63) is 0 Å². The molecule has 0 saturated heterocycles. The minimum Gasteiger partial charge on any atom is -0.461 e. The molecule has 3 N–H and O–H groups in total. The molecule has 7 heteroatoms. The number of rotatable bonds is 6. The van der Waals surface area contributed by atoms with Gasteiger partial charge in [-0.3, -0.25) is 0 Å². The van der Waals surface area contributed by atoms with E-state index in [1.807, 2.05) is 20.8 Å². The Morgan fingerprint density at radius 1 is 1.26 bits per heavy atom. The molecule has 0 bridgehead atoms. The molecule has 1 aromatic heterocycles. The van der Waals surface area contributed by atoms with Crippen molar-refractivity contribution >= 4 is 11.9 Å². The van der Waals surface area contributed by atoms with Gasteiger partial charge in [-0.05, 0) is 33.6 Å². The first-order chi connectivity index (χ1) is 9.06. The normalized spacial score (nSPS) is 21.9. The first kappa shape index (κ1) is 13.8. The van der Waals surface area contributed by atoms with Crippen molar-refractivity contribution < 1.29 is 9.84 Å². The van der Waals surface area contributed by atoms with Crippen LogP contribution in [0.5, 0.6) is 6.01 Å². The van der Waals surface area contributed by atoms with Crippen LogP contribution in [0.4, 0.5) is 11.9 Å². The number of hydrogen-bond acceptors (Lipinski definition) is 7. The molecule has 0 unspecified atom stereocenters. The summed E-state index contributed by atoms with van der Waals surface area (Å²) in [5.41, 5.74) is 0. The molecule has 0 spiro atoms. The highest BCUT2D eigenvalue weighted by molar-refractivity contribution is 5.37. The Kier molecular flexibility index (Phi) is 4.36. The van der Waals surface area contributed by atoms with Gasteiger partial charge in [-0.15, -0.1) is 0 Å². The van der Waals surface area contributed by atoms with Crippen LogP contribution in [0, 0.1) is 0 Å². The van der Waals surface area contributed by atoms with E-state index in [4.69, 9.17) is 4.74 Å². The van der Waals surface area contributed by atoms with Gasteiger partial charge in [0.1, 0.15) is 0 Å². The van der Waals surface area contributed by atoms with Crippen LogP contribution in [0.1, 0.15) is 33.6 Å². The van der Waals surface area contributed by atoms with Crippen molar-refractivity contribution in [3.63, 3.8) is 0 Å². The third kappa shape index (κ3) is 3.92. The minimum atomic E-state index is -0.209. The average Bonchev–Trinajstić information content (AvgIpc) is 2.26. The smallest absolute Gasteiger partial charge is 0.323 e. The Labute approximate surface area is 112 Å². The highest BCUT2D eigenvalue weighted by atomic mass is 16.5. The van der Waals surface area contributed by atoms with Crippen LogP contribution in [-0.2, 0) is 0 Å². The quantitative estimate of drug-likeness (QED) is 0.708. The van der Waals surface area contributed by atoms with E-state index in [9.17, 15) is 5.11 Å². The molecule has 1 saturated carbocycles. The van der Waals surface area contributed by atoms with Gasteiger partial charge in [0.25, 0.3) is 0 Å². The summed E-state index contributed by atoms with van der Waals surface area (Å²) >= 11 is 0. The average molecular weight is 267 g/mol. The van der Waals surface area contributed by atoms with Crippen molar-refractivity contribution in [2.75, 3.05) is 17.2 Å². The Morgan fingerprint density at radius 2 is 1.95 bits per heavy atom. The van der Waals surface area contributed by atoms with Crippen LogP contribution in [0.2, 0.25) is 0 Å². The lowest BCUT2D eigenvalue weighted by Gasteiger charge is -2.31. The first-order valence-electron chi connectivity index (χ1n) is 6.68. The molecule has 0 aromatic carbocycles. The largest absolute Gasteiger partial charge is 0.461 e. The van der Waals surface area contributed by atoms with Crippen molar-refractivity contribution in [3.8, 4) is 6.01 Å². The van der Waals surface area contributed by atoms with Gasteiger partial charge in [-0.1, -0.05) is 0 Å². The Morgan fingerprint density at radius 3 is 2.53 bits per heavy atom. The molecule has 1 fully saturated rings. The van der Waals surface area contributed by atoms with Crippen LogP contribution >= 0.6 is 0 Å². The number of aliphatic hydroxyl groups is 1. The van der Waals surface area contributed by atoms with Crippen LogP contribution < -0.4 is 15.4 Å². The summed E-state index contributed by atoms with van der Waals surface area (Å²) in [5, 5.41) is 15.5. The molecule has 1 aliphatic rings. The maximum Gasteiger partial charge on any atom is 0.323 e. The van der Waals surface area contributed by atoms with Crippen LogP contribution in [0.25, 0.3) is 0 Å². The Balaban J connectivity index is 2.09. The minimum absolute atomic E-state index is 0.00949. The van der Waals surface area contributed by atoms with Gasteiger partial charge >= 0.3 is 6.01 Å². The van der Waals surface area contributed by atoms with Gasteiger partial charge in [0.2, 0.25) is 11.9 Å². The van der Waals surface area contributed by atoms with E-state index in [0.717, 1.165) is 19.4 Å². The predicted octanol–water partition coefficient (Wildman–Crippen LogP) is 1.03. The van der Waals surface area contributed by atoms with E-state index in [2.05, 4.69) is 25.6 Å². The van der Waals surface area contributed by atoms with Crippen molar-refractivity contribution in [1.82, 2.24) is 15.0 Å². The maximum absolute atomic E-state index is 9.28. The number of hydrogen-bond donors (Lipinski definition) is 3. The summed E-state index contributed by atoms with van der Waals surface area (Å²) in [7, 11) is 0. The lowest BCUT2D eigenvalue weighted by Crippen LogP contribution is -2.39. The second-order valence-corrected chi connectivity index (χ2v) is 4.93. The van der Waals surface area contributed by atoms with Crippen LogP contribution in [-0.4, -0.2) is 44.9 Å². The standard InChI is InChI=1S/C12H21N5O2/c1-4-13-10-15-11(14-8-5-9(18)6-8)17-12(16-10)19-7(2)3/h7-9,18H,4-6H2,1-3H3,(H2,13,14,15,16,17). The molecule has 106 valence electrons. The van der Waals surface area contributed by atoms with E-state index in [-0.39, 0.29) is 18.2 Å². The van der Waals surface area contributed by atoms with Crippen molar-refractivity contribution in [2.24, 2.45) is 0 Å². The number of anilines is 2. The molecule has 1 heterocycles. The molecule has 19 heavy (non-hydrogen) atoms. The lowest BCUT2D eigenvalue weighted by atomic mass is 9.90. The highest BCUT2D eigenvalue weighted by Gasteiger charge is 2.27. The molecule has 1 aromatic rings. The topological polar surface area (TPSA) is 92.2 Å². The predicted molar refractivity (Wildman–Crippen MR) is 72.4 cm³/mol. The monoisotopic (exact) mass is 267 g/mol. The summed E-state index contributed by atoms with van der Waals surface area (Å²) in [6, 6.07) is 0.530. The molecular weight excluding hydrogens is 246 g/mol. The third-order valence-electron chi connectivity index (χ3n) is 2.74.